The molecule has 152 valence electrons. The lowest BCUT2D eigenvalue weighted by Gasteiger charge is -2.27. The number of hydrogen-bond acceptors (Lipinski definition) is 5. The molecule has 1 atom stereocenters. The molecule has 0 bridgehead atoms. The summed E-state index contributed by atoms with van der Waals surface area (Å²) in [6.07, 6.45) is -4.52. The van der Waals surface area contributed by atoms with Crippen LogP contribution in [0.25, 0.3) is 0 Å². The SMILES string of the molecule is CC(C)[C@@](C)(C#N)NC(=O)COC(=O)CNC(=O)c1ccc(C(F)(F)F)cc1. The first kappa shape index (κ1) is 23.0. The Kier molecular flexibility index (Phi) is 7.55. The summed E-state index contributed by atoms with van der Waals surface area (Å²) in [5.74, 6) is -2.55. The van der Waals surface area contributed by atoms with Crippen molar-refractivity contribution in [3.63, 3.8) is 0 Å². The van der Waals surface area contributed by atoms with E-state index < -0.39 is 48.2 Å². The van der Waals surface area contributed by atoms with Crippen LogP contribution in [-0.4, -0.2) is 36.5 Å². The van der Waals surface area contributed by atoms with Crippen LogP contribution in [-0.2, 0) is 20.5 Å². The lowest BCUT2D eigenvalue weighted by atomic mass is 9.90. The Morgan fingerprint density at radius 1 is 1.18 bits per heavy atom. The standard InChI is InChI=1S/C18H20F3N3O4/c1-11(2)17(3,10-22)24-14(25)9-28-15(26)8-23-16(27)12-4-6-13(7-5-12)18(19,20)21/h4-7,11H,8-9H2,1-3H3,(H,23,27)(H,24,25)/t17-/m1/s1. The highest BCUT2D eigenvalue weighted by Crippen LogP contribution is 2.29. The number of esters is 1. The number of benzene rings is 1. The van der Waals surface area contributed by atoms with Gasteiger partial charge in [-0.3, -0.25) is 14.4 Å². The van der Waals surface area contributed by atoms with Gasteiger partial charge in [-0.1, -0.05) is 13.8 Å². The Morgan fingerprint density at radius 3 is 2.21 bits per heavy atom. The van der Waals surface area contributed by atoms with Gasteiger partial charge >= 0.3 is 12.1 Å². The number of amides is 2. The Labute approximate surface area is 159 Å². The summed E-state index contributed by atoms with van der Waals surface area (Å²) in [5, 5.41) is 13.7. The van der Waals surface area contributed by atoms with E-state index in [1.807, 2.05) is 6.07 Å². The van der Waals surface area contributed by atoms with E-state index in [9.17, 15) is 27.6 Å². The van der Waals surface area contributed by atoms with Crippen LogP contribution in [0.1, 0.15) is 36.7 Å². The lowest BCUT2D eigenvalue weighted by molar-refractivity contribution is -0.148. The van der Waals surface area contributed by atoms with Crippen LogP contribution >= 0.6 is 0 Å². The fourth-order valence-electron chi connectivity index (χ4n) is 1.89. The molecule has 0 saturated heterocycles. The summed E-state index contributed by atoms with van der Waals surface area (Å²) < 4.78 is 42.1. The minimum atomic E-state index is -4.52. The summed E-state index contributed by atoms with van der Waals surface area (Å²) in [6, 6.07) is 5.42. The average molecular weight is 399 g/mol. The van der Waals surface area contributed by atoms with Crippen LogP contribution in [0, 0.1) is 17.2 Å². The van der Waals surface area contributed by atoms with Crippen LogP contribution in [0.2, 0.25) is 0 Å². The summed E-state index contributed by atoms with van der Waals surface area (Å²) in [5.41, 5.74) is -2.10. The van der Waals surface area contributed by atoms with Gasteiger partial charge in [0, 0.05) is 5.56 Å². The molecule has 0 fully saturated rings. The minimum absolute atomic E-state index is 0.0692. The molecule has 0 aromatic heterocycles. The Hall–Kier alpha value is -3.09. The van der Waals surface area contributed by atoms with Crippen molar-refractivity contribution in [2.75, 3.05) is 13.2 Å². The molecule has 0 saturated carbocycles. The molecule has 1 rings (SSSR count). The van der Waals surface area contributed by atoms with Crippen LogP contribution in [0.15, 0.2) is 24.3 Å². The third-order valence-electron chi connectivity index (χ3n) is 4.02. The smallest absolute Gasteiger partial charge is 0.416 e. The molecule has 10 heteroatoms. The van der Waals surface area contributed by atoms with E-state index in [-0.39, 0.29) is 11.5 Å². The molecular formula is C18H20F3N3O4. The molecule has 2 amide bonds. The molecule has 28 heavy (non-hydrogen) atoms. The van der Waals surface area contributed by atoms with Gasteiger partial charge in [-0.15, -0.1) is 0 Å². The Morgan fingerprint density at radius 2 is 1.75 bits per heavy atom. The first-order chi connectivity index (χ1) is 12.9. The molecule has 0 aliphatic carbocycles. The van der Waals surface area contributed by atoms with Crippen LogP contribution in [0.3, 0.4) is 0 Å². The van der Waals surface area contributed by atoms with E-state index in [1.54, 1.807) is 13.8 Å². The van der Waals surface area contributed by atoms with Crippen molar-refractivity contribution in [3.8, 4) is 6.07 Å². The first-order valence-corrected chi connectivity index (χ1v) is 8.22. The second kappa shape index (κ2) is 9.21. The summed E-state index contributed by atoms with van der Waals surface area (Å²) in [4.78, 5) is 35.2. The summed E-state index contributed by atoms with van der Waals surface area (Å²) in [6.45, 7) is 3.80. The quantitative estimate of drug-likeness (QED) is 0.682. The molecule has 1 aromatic carbocycles. The molecule has 0 spiro atoms. The lowest BCUT2D eigenvalue weighted by Crippen LogP contribution is -2.50. The maximum atomic E-state index is 12.5. The Balaban J connectivity index is 2.47. The van der Waals surface area contributed by atoms with E-state index in [4.69, 9.17) is 10.00 Å². The van der Waals surface area contributed by atoms with Gasteiger partial charge in [0.15, 0.2) is 6.61 Å². The van der Waals surface area contributed by atoms with Crippen molar-refractivity contribution in [2.24, 2.45) is 5.92 Å². The first-order valence-electron chi connectivity index (χ1n) is 8.22. The molecule has 7 nitrogen and oxygen atoms in total. The molecule has 0 radical (unpaired) electrons. The highest BCUT2D eigenvalue weighted by Gasteiger charge is 2.31. The zero-order valence-electron chi connectivity index (χ0n) is 15.5. The zero-order chi connectivity index (χ0) is 21.5. The average Bonchev–Trinajstić information content (AvgIpc) is 2.63. The fraction of sp³-hybridized carbons (Fsp3) is 0.444. The normalized spacial score (nSPS) is 13.2. The van der Waals surface area contributed by atoms with Crippen molar-refractivity contribution in [1.82, 2.24) is 10.6 Å². The highest BCUT2D eigenvalue weighted by molar-refractivity contribution is 5.96. The monoisotopic (exact) mass is 399 g/mol. The largest absolute Gasteiger partial charge is 0.454 e. The topological polar surface area (TPSA) is 108 Å². The highest BCUT2D eigenvalue weighted by atomic mass is 19.4. The van der Waals surface area contributed by atoms with Crippen molar-refractivity contribution in [1.29, 1.82) is 5.26 Å². The second-order valence-corrected chi connectivity index (χ2v) is 6.44. The summed E-state index contributed by atoms with van der Waals surface area (Å²) in [7, 11) is 0. The van der Waals surface area contributed by atoms with Gasteiger partial charge in [0.05, 0.1) is 11.6 Å². The number of nitriles is 1. The van der Waals surface area contributed by atoms with Gasteiger partial charge in [0.2, 0.25) is 0 Å². The molecule has 0 unspecified atom stereocenters. The van der Waals surface area contributed by atoms with E-state index in [1.165, 1.54) is 6.92 Å². The molecular weight excluding hydrogens is 379 g/mol. The van der Waals surface area contributed by atoms with Crippen LogP contribution < -0.4 is 10.6 Å². The van der Waals surface area contributed by atoms with Crippen molar-refractivity contribution in [3.05, 3.63) is 35.4 Å². The number of nitrogens with one attached hydrogen (secondary N) is 2. The summed E-state index contributed by atoms with van der Waals surface area (Å²) >= 11 is 0. The van der Waals surface area contributed by atoms with E-state index in [0.717, 1.165) is 24.3 Å². The van der Waals surface area contributed by atoms with Crippen LogP contribution in [0.4, 0.5) is 13.2 Å². The maximum Gasteiger partial charge on any atom is 0.416 e. The van der Waals surface area contributed by atoms with Crippen LogP contribution in [0.5, 0.6) is 0 Å². The molecule has 0 aliphatic rings. The molecule has 1 aromatic rings. The van der Waals surface area contributed by atoms with Crippen molar-refractivity contribution >= 4 is 17.8 Å². The van der Waals surface area contributed by atoms with E-state index >= 15 is 0 Å². The second-order valence-electron chi connectivity index (χ2n) is 6.44. The number of carbonyl (C=O) groups is 3. The number of carbonyl (C=O) groups excluding carboxylic acids is 3. The number of halogens is 3. The predicted octanol–water partition coefficient (Wildman–Crippen LogP) is 2.03. The van der Waals surface area contributed by atoms with Gasteiger partial charge < -0.3 is 15.4 Å². The third kappa shape index (κ3) is 6.57. The van der Waals surface area contributed by atoms with Gasteiger partial charge in [-0.2, -0.15) is 18.4 Å². The minimum Gasteiger partial charge on any atom is -0.454 e. The van der Waals surface area contributed by atoms with Gasteiger partial charge in [0.25, 0.3) is 11.8 Å². The van der Waals surface area contributed by atoms with Gasteiger partial charge in [-0.05, 0) is 37.1 Å². The van der Waals surface area contributed by atoms with Crippen molar-refractivity contribution in [2.45, 2.75) is 32.5 Å². The third-order valence-corrected chi connectivity index (χ3v) is 4.02. The maximum absolute atomic E-state index is 12.5. The Bertz CT molecular complexity index is 770. The van der Waals surface area contributed by atoms with E-state index in [0.29, 0.717) is 0 Å². The predicted molar refractivity (Wildman–Crippen MR) is 91.7 cm³/mol. The molecule has 0 aliphatic heterocycles. The van der Waals surface area contributed by atoms with E-state index in [2.05, 4.69) is 10.6 Å². The zero-order valence-corrected chi connectivity index (χ0v) is 15.5. The fourth-order valence-corrected chi connectivity index (χ4v) is 1.89. The number of alkyl halides is 3. The number of ether oxygens (including phenoxy) is 1. The van der Waals surface area contributed by atoms with Gasteiger partial charge in [-0.25, -0.2) is 0 Å². The van der Waals surface area contributed by atoms with Gasteiger partial charge in [0.1, 0.15) is 12.1 Å². The van der Waals surface area contributed by atoms with Crippen molar-refractivity contribution < 1.29 is 32.3 Å². The molecule has 2 N–H and O–H groups in total. The number of hydrogen-bond donors (Lipinski definition) is 2. The molecule has 0 heterocycles. The number of nitrogens with zero attached hydrogens (tertiary/aromatic N) is 1. The number of rotatable bonds is 7.